The third kappa shape index (κ3) is 6.34. The predicted octanol–water partition coefficient (Wildman–Crippen LogP) is 2.90. The van der Waals surface area contributed by atoms with E-state index in [1.54, 1.807) is 0 Å². The largest absolute Gasteiger partial charge is 0.484 e. The number of carbonyl (C=O) groups excluding carboxylic acids is 1. The van der Waals surface area contributed by atoms with E-state index < -0.39 is 0 Å². The van der Waals surface area contributed by atoms with Crippen molar-refractivity contribution in [1.82, 2.24) is 15.0 Å². The summed E-state index contributed by atoms with van der Waals surface area (Å²) in [7, 11) is 0. The van der Waals surface area contributed by atoms with Crippen LogP contribution in [0.1, 0.15) is 38.4 Å². The average molecular weight is 387 g/mol. The molecule has 1 aliphatic rings. The minimum absolute atomic E-state index is 0.0202. The second-order valence-electron chi connectivity index (χ2n) is 7.50. The first kappa shape index (κ1) is 20.3. The van der Waals surface area contributed by atoms with Crippen LogP contribution in [0.3, 0.4) is 0 Å². The van der Waals surface area contributed by atoms with Crippen LogP contribution in [0, 0.1) is 5.92 Å². The van der Waals surface area contributed by atoms with Gasteiger partial charge in [-0.15, -0.1) is 0 Å². The number of hydrogen-bond donors (Lipinski definition) is 0. The Kier molecular flexibility index (Phi) is 7.42. The Morgan fingerprint density at radius 2 is 2.00 bits per heavy atom. The van der Waals surface area contributed by atoms with Gasteiger partial charge in [-0.1, -0.05) is 37.2 Å². The molecular formula is C21H29N3O4. The van der Waals surface area contributed by atoms with Crippen molar-refractivity contribution < 1.29 is 18.8 Å². The van der Waals surface area contributed by atoms with E-state index in [0.717, 1.165) is 19.3 Å². The van der Waals surface area contributed by atoms with Crippen molar-refractivity contribution in [3.8, 4) is 5.75 Å². The first-order valence-electron chi connectivity index (χ1n) is 9.99. The molecule has 0 saturated carbocycles. The number of hydrogen-bond acceptors (Lipinski definition) is 6. The lowest BCUT2D eigenvalue weighted by molar-refractivity contribution is -0.136. The van der Waals surface area contributed by atoms with Crippen molar-refractivity contribution in [2.45, 2.75) is 45.6 Å². The SMILES string of the molecule is CC(C)Cc1nc(CCOC2CCN(C(=O)COc3ccccc3)CC2)no1. The second kappa shape index (κ2) is 10.2. The third-order valence-electron chi connectivity index (χ3n) is 4.67. The maximum Gasteiger partial charge on any atom is 0.260 e. The highest BCUT2D eigenvalue weighted by Gasteiger charge is 2.23. The Morgan fingerprint density at radius 1 is 1.25 bits per heavy atom. The molecule has 0 unspecified atom stereocenters. The fraction of sp³-hybridized carbons (Fsp3) is 0.571. The lowest BCUT2D eigenvalue weighted by Crippen LogP contribution is -2.43. The van der Waals surface area contributed by atoms with E-state index in [4.69, 9.17) is 14.0 Å². The van der Waals surface area contributed by atoms with Gasteiger partial charge in [-0.3, -0.25) is 4.79 Å². The Bertz CT molecular complexity index is 724. The molecule has 2 aromatic rings. The Morgan fingerprint density at radius 3 is 2.71 bits per heavy atom. The summed E-state index contributed by atoms with van der Waals surface area (Å²) in [6, 6.07) is 9.40. The Labute approximate surface area is 166 Å². The van der Waals surface area contributed by atoms with Crippen LogP contribution < -0.4 is 4.74 Å². The zero-order chi connectivity index (χ0) is 19.8. The van der Waals surface area contributed by atoms with Gasteiger partial charge in [0.2, 0.25) is 5.89 Å². The fourth-order valence-corrected chi connectivity index (χ4v) is 3.17. The monoisotopic (exact) mass is 387 g/mol. The van der Waals surface area contributed by atoms with E-state index in [-0.39, 0.29) is 18.6 Å². The number of piperidine rings is 1. The van der Waals surface area contributed by atoms with Gasteiger partial charge in [-0.2, -0.15) is 4.98 Å². The summed E-state index contributed by atoms with van der Waals surface area (Å²) < 4.78 is 16.7. The number of rotatable bonds is 9. The predicted molar refractivity (Wildman–Crippen MR) is 104 cm³/mol. The zero-order valence-corrected chi connectivity index (χ0v) is 16.7. The molecule has 1 aromatic carbocycles. The number of carbonyl (C=O) groups is 1. The van der Waals surface area contributed by atoms with Crippen molar-refractivity contribution in [2.24, 2.45) is 5.92 Å². The molecule has 0 bridgehead atoms. The van der Waals surface area contributed by atoms with E-state index >= 15 is 0 Å². The van der Waals surface area contributed by atoms with Crippen LogP contribution in [0.15, 0.2) is 34.9 Å². The third-order valence-corrected chi connectivity index (χ3v) is 4.67. The maximum atomic E-state index is 12.3. The average Bonchev–Trinajstić information content (AvgIpc) is 3.14. The number of ether oxygens (including phenoxy) is 2. The van der Waals surface area contributed by atoms with Gasteiger partial charge in [0.15, 0.2) is 12.4 Å². The van der Waals surface area contributed by atoms with Gasteiger partial charge in [0.05, 0.1) is 12.7 Å². The number of benzene rings is 1. The van der Waals surface area contributed by atoms with Crippen LogP contribution in [-0.2, 0) is 22.4 Å². The molecule has 152 valence electrons. The van der Waals surface area contributed by atoms with Crippen molar-refractivity contribution in [3.63, 3.8) is 0 Å². The smallest absolute Gasteiger partial charge is 0.260 e. The standard InChI is InChI=1S/C21H29N3O4/c1-16(2)14-20-22-19(23-28-20)10-13-26-18-8-11-24(12-9-18)21(25)15-27-17-6-4-3-5-7-17/h3-7,16,18H,8-15H2,1-2H3. The molecule has 28 heavy (non-hydrogen) atoms. The van der Waals surface area contributed by atoms with Gasteiger partial charge < -0.3 is 18.9 Å². The van der Waals surface area contributed by atoms with Crippen LogP contribution in [0.2, 0.25) is 0 Å². The molecule has 2 heterocycles. The molecule has 0 N–H and O–H groups in total. The molecule has 1 aliphatic heterocycles. The summed E-state index contributed by atoms with van der Waals surface area (Å²) in [6.07, 6.45) is 3.28. The highest BCUT2D eigenvalue weighted by molar-refractivity contribution is 5.77. The second-order valence-corrected chi connectivity index (χ2v) is 7.50. The van der Waals surface area contributed by atoms with Crippen LogP contribution >= 0.6 is 0 Å². The summed E-state index contributed by atoms with van der Waals surface area (Å²) in [5.74, 6) is 2.62. The molecule has 1 fully saturated rings. The van der Waals surface area contributed by atoms with Crippen LogP contribution in [-0.4, -0.2) is 53.4 Å². The summed E-state index contributed by atoms with van der Waals surface area (Å²) >= 11 is 0. The first-order valence-corrected chi connectivity index (χ1v) is 9.99. The quantitative estimate of drug-likeness (QED) is 0.658. The number of para-hydroxylation sites is 1. The molecule has 1 saturated heterocycles. The number of aromatic nitrogens is 2. The van der Waals surface area contributed by atoms with E-state index in [1.165, 1.54) is 0 Å². The van der Waals surface area contributed by atoms with Crippen molar-refractivity contribution in [3.05, 3.63) is 42.0 Å². The summed E-state index contributed by atoms with van der Waals surface area (Å²) in [5.41, 5.74) is 0. The minimum Gasteiger partial charge on any atom is -0.484 e. The normalized spacial score (nSPS) is 15.2. The minimum atomic E-state index is 0.0202. The molecule has 0 aliphatic carbocycles. The topological polar surface area (TPSA) is 77.7 Å². The van der Waals surface area contributed by atoms with Gasteiger partial charge in [0.1, 0.15) is 5.75 Å². The van der Waals surface area contributed by atoms with Crippen molar-refractivity contribution in [1.29, 1.82) is 0 Å². The number of likely N-dealkylation sites (tertiary alicyclic amines) is 1. The molecule has 1 aromatic heterocycles. The van der Waals surface area contributed by atoms with Crippen molar-refractivity contribution in [2.75, 3.05) is 26.3 Å². The molecule has 1 amide bonds. The number of amides is 1. The Balaban J connectivity index is 1.31. The highest BCUT2D eigenvalue weighted by Crippen LogP contribution is 2.15. The molecule has 3 rings (SSSR count). The maximum absolute atomic E-state index is 12.3. The zero-order valence-electron chi connectivity index (χ0n) is 16.7. The van der Waals surface area contributed by atoms with E-state index in [1.807, 2.05) is 35.2 Å². The van der Waals surface area contributed by atoms with Gasteiger partial charge >= 0.3 is 0 Å². The van der Waals surface area contributed by atoms with Gasteiger partial charge in [0.25, 0.3) is 5.91 Å². The van der Waals surface area contributed by atoms with E-state index in [9.17, 15) is 4.79 Å². The van der Waals surface area contributed by atoms with E-state index in [2.05, 4.69) is 24.0 Å². The van der Waals surface area contributed by atoms with Gasteiger partial charge in [0, 0.05) is 25.9 Å². The molecule has 7 heteroatoms. The lowest BCUT2D eigenvalue weighted by Gasteiger charge is -2.31. The van der Waals surface area contributed by atoms with Crippen LogP contribution in [0.5, 0.6) is 5.75 Å². The molecular weight excluding hydrogens is 358 g/mol. The van der Waals surface area contributed by atoms with Crippen LogP contribution in [0.4, 0.5) is 0 Å². The lowest BCUT2D eigenvalue weighted by atomic mass is 10.1. The van der Waals surface area contributed by atoms with E-state index in [0.29, 0.717) is 49.5 Å². The van der Waals surface area contributed by atoms with Crippen molar-refractivity contribution >= 4 is 5.91 Å². The van der Waals surface area contributed by atoms with Gasteiger partial charge in [-0.25, -0.2) is 0 Å². The van der Waals surface area contributed by atoms with Gasteiger partial charge in [-0.05, 0) is 30.9 Å². The summed E-state index contributed by atoms with van der Waals surface area (Å²) in [5, 5.41) is 4.00. The fourth-order valence-electron chi connectivity index (χ4n) is 3.17. The molecule has 0 atom stereocenters. The Hall–Kier alpha value is -2.41. The summed E-state index contributed by atoms with van der Waals surface area (Å²) in [4.78, 5) is 18.5. The molecule has 7 nitrogen and oxygen atoms in total. The molecule has 0 radical (unpaired) electrons. The van der Waals surface area contributed by atoms with Crippen LogP contribution in [0.25, 0.3) is 0 Å². The molecule has 0 spiro atoms. The first-order chi connectivity index (χ1) is 13.6. The highest BCUT2D eigenvalue weighted by atomic mass is 16.5. The summed E-state index contributed by atoms with van der Waals surface area (Å²) in [6.45, 7) is 6.28. The number of nitrogens with zero attached hydrogens (tertiary/aromatic N) is 3.